The van der Waals surface area contributed by atoms with Crippen LogP contribution in [-0.2, 0) is 20.9 Å². The van der Waals surface area contributed by atoms with Gasteiger partial charge in [0, 0.05) is 22.0 Å². The van der Waals surface area contributed by atoms with E-state index >= 15 is 0 Å². The Morgan fingerprint density at radius 2 is 1.56 bits per heavy atom. The fourth-order valence-corrected chi connectivity index (χ4v) is 8.21. The second-order valence-corrected chi connectivity index (χ2v) is 12.3. The number of carbonyl (C=O) groups is 3. The average Bonchev–Trinajstić information content (AvgIpc) is 3.41. The predicted molar refractivity (Wildman–Crippen MR) is 160 cm³/mol. The van der Waals surface area contributed by atoms with Crippen LogP contribution in [0.2, 0.25) is 0 Å². The van der Waals surface area contributed by atoms with Crippen molar-refractivity contribution < 1.29 is 19.1 Å². The highest BCUT2D eigenvalue weighted by atomic mass is 32.2. The Hall–Kier alpha value is -4.15. The van der Waals surface area contributed by atoms with Crippen LogP contribution in [0.5, 0.6) is 5.75 Å². The van der Waals surface area contributed by atoms with Gasteiger partial charge in [0.2, 0.25) is 17.7 Å². The van der Waals surface area contributed by atoms with E-state index < -0.39 is 17.1 Å². The van der Waals surface area contributed by atoms with Gasteiger partial charge in [-0.1, -0.05) is 76.7 Å². The van der Waals surface area contributed by atoms with Crippen LogP contribution in [0.25, 0.3) is 0 Å². The first-order chi connectivity index (χ1) is 19.8. The molecule has 1 N–H and O–H groups in total. The molecule has 0 radical (unpaired) electrons. The van der Waals surface area contributed by atoms with Gasteiger partial charge in [-0.15, -0.1) is 0 Å². The first-order valence-electron chi connectivity index (χ1n) is 13.1. The zero-order valence-corrected chi connectivity index (χ0v) is 24.3. The van der Waals surface area contributed by atoms with E-state index in [1.165, 1.54) is 21.2 Å². The molecule has 4 aromatic rings. The number of amides is 3. The van der Waals surface area contributed by atoms with Gasteiger partial charge in [-0.25, -0.2) is 4.90 Å². The van der Waals surface area contributed by atoms with Gasteiger partial charge in [-0.2, -0.15) is 0 Å². The monoisotopic (exact) mass is 585 g/mol. The van der Waals surface area contributed by atoms with E-state index in [1.54, 1.807) is 37.4 Å². The van der Waals surface area contributed by atoms with Crippen molar-refractivity contribution >= 4 is 52.2 Å². The molecule has 10 heteroatoms. The minimum atomic E-state index is -0.772. The zero-order chi connectivity index (χ0) is 28.8. The number of thioether (sulfide) groups is 1. The van der Waals surface area contributed by atoms with Crippen molar-refractivity contribution in [1.82, 2.24) is 4.57 Å². The molecular weight excluding hydrogens is 558 g/mol. The number of hydrogen-bond acceptors (Lipinski definition) is 7. The van der Waals surface area contributed by atoms with E-state index in [2.05, 4.69) is 5.32 Å². The number of anilines is 2. The number of nitrogens with zero attached hydrogens (tertiary/aromatic N) is 2. The first kappa shape index (κ1) is 27.0. The summed E-state index contributed by atoms with van der Waals surface area (Å²) in [6, 6.07) is 22.0. The standard InChI is InChI=1S/C31H27N3O5S2/c1-17-8-12-19(13-9-17)32-23(35)16-33-30-27(41-31(33)38)24(21-6-4-5-7-22(21)39-3)25-26(40-30)29(37)34(28(25)36)20-14-10-18(2)11-15-20/h4-15,24-26H,16H2,1-3H3,(H,32,35)/t24-,25?,26?/m1/s1. The van der Waals surface area contributed by atoms with Crippen LogP contribution in [0.15, 0.2) is 82.6 Å². The van der Waals surface area contributed by atoms with E-state index in [0.29, 0.717) is 27.0 Å². The summed E-state index contributed by atoms with van der Waals surface area (Å²) in [7, 11) is 1.55. The molecule has 0 aliphatic carbocycles. The van der Waals surface area contributed by atoms with Gasteiger partial charge in [-0.3, -0.25) is 23.7 Å². The largest absolute Gasteiger partial charge is 0.496 e. The molecule has 1 saturated heterocycles. The molecule has 3 amide bonds. The summed E-state index contributed by atoms with van der Waals surface area (Å²) < 4.78 is 7.08. The van der Waals surface area contributed by atoms with Crippen LogP contribution in [0.3, 0.4) is 0 Å². The maximum Gasteiger partial charge on any atom is 0.308 e. The second kappa shape index (κ2) is 10.7. The molecule has 0 bridgehead atoms. The fourth-order valence-electron chi connectivity index (χ4n) is 5.44. The van der Waals surface area contributed by atoms with Gasteiger partial charge < -0.3 is 10.1 Å². The normalized spacial score (nSPS) is 19.6. The van der Waals surface area contributed by atoms with Crippen molar-refractivity contribution in [2.75, 3.05) is 17.3 Å². The molecule has 3 aromatic carbocycles. The number of nitrogens with one attached hydrogen (secondary N) is 1. The topological polar surface area (TPSA) is 97.7 Å². The molecule has 3 atom stereocenters. The molecule has 6 rings (SSSR count). The number of methoxy groups -OCH3 is 1. The number of imide groups is 1. The molecule has 208 valence electrons. The van der Waals surface area contributed by atoms with Crippen molar-refractivity contribution in [3.05, 3.63) is 104 Å². The van der Waals surface area contributed by atoms with E-state index in [1.807, 2.05) is 56.3 Å². The molecule has 0 saturated carbocycles. The lowest BCUT2D eigenvalue weighted by molar-refractivity contribution is -0.122. The van der Waals surface area contributed by atoms with Gasteiger partial charge >= 0.3 is 4.87 Å². The van der Waals surface area contributed by atoms with Crippen LogP contribution < -0.4 is 19.8 Å². The molecule has 2 aliphatic heterocycles. The molecular formula is C31H27N3O5S2. The highest BCUT2D eigenvalue weighted by Gasteiger charge is 2.57. The number of carbonyl (C=O) groups excluding carboxylic acids is 3. The van der Waals surface area contributed by atoms with Crippen LogP contribution in [0.4, 0.5) is 11.4 Å². The molecule has 3 heterocycles. The van der Waals surface area contributed by atoms with Crippen molar-refractivity contribution in [1.29, 1.82) is 0 Å². The Balaban J connectivity index is 1.43. The van der Waals surface area contributed by atoms with E-state index in [9.17, 15) is 19.2 Å². The molecule has 8 nitrogen and oxygen atoms in total. The van der Waals surface area contributed by atoms with E-state index in [4.69, 9.17) is 4.74 Å². The summed E-state index contributed by atoms with van der Waals surface area (Å²) in [5.74, 6) is -1.80. The Labute approximate surface area is 245 Å². The van der Waals surface area contributed by atoms with Gasteiger partial charge in [-0.05, 0) is 44.2 Å². The second-order valence-electron chi connectivity index (χ2n) is 10.2. The maximum atomic E-state index is 14.0. The third-order valence-electron chi connectivity index (χ3n) is 7.45. The summed E-state index contributed by atoms with van der Waals surface area (Å²) >= 11 is 2.20. The van der Waals surface area contributed by atoms with E-state index in [-0.39, 0.29) is 29.1 Å². The van der Waals surface area contributed by atoms with Crippen molar-refractivity contribution in [2.24, 2.45) is 5.92 Å². The number of aryl methyl sites for hydroxylation is 2. The Morgan fingerprint density at radius 1 is 0.902 bits per heavy atom. The SMILES string of the molecule is COc1ccccc1[C@H]1c2sc(=O)n(CC(=O)Nc3ccc(C)cc3)c2SC2C(=O)N(c3ccc(C)cc3)C(=O)C21. The van der Waals surface area contributed by atoms with Crippen LogP contribution in [0.1, 0.15) is 27.5 Å². The van der Waals surface area contributed by atoms with Gasteiger partial charge in [0.25, 0.3) is 0 Å². The number of rotatable bonds is 6. The maximum absolute atomic E-state index is 14.0. The summed E-state index contributed by atoms with van der Waals surface area (Å²) in [6.45, 7) is 3.68. The number of fused-ring (bicyclic) bond motifs is 2. The Morgan fingerprint density at radius 3 is 2.24 bits per heavy atom. The third-order valence-corrected chi connectivity index (χ3v) is 10.1. The highest BCUT2D eigenvalue weighted by molar-refractivity contribution is 8.00. The van der Waals surface area contributed by atoms with Crippen LogP contribution >= 0.6 is 23.1 Å². The van der Waals surface area contributed by atoms with Crippen LogP contribution in [-0.4, -0.2) is 34.6 Å². The Kier molecular flexibility index (Phi) is 7.04. The third kappa shape index (κ3) is 4.76. The summed E-state index contributed by atoms with van der Waals surface area (Å²) in [5.41, 5.74) is 3.94. The molecule has 41 heavy (non-hydrogen) atoms. The average molecular weight is 586 g/mol. The zero-order valence-electron chi connectivity index (χ0n) is 22.6. The number of aromatic nitrogens is 1. The fraction of sp³-hybridized carbons (Fsp3) is 0.226. The summed E-state index contributed by atoms with van der Waals surface area (Å²) in [5, 5.41) is 2.60. The smallest absolute Gasteiger partial charge is 0.308 e. The molecule has 2 aliphatic rings. The van der Waals surface area contributed by atoms with Gasteiger partial charge in [0.15, 0.2) is 0 Å². The van der Waals surface area contributed by atoms with Crippen molar-refractivity contribution in [3.63, 3.8) is 0 Å². The summed E-state index contributed by atoms with van der Waals surface area (Å²) in [6.07, 6.45) is 0. The number of hydrogen-bond donors (Lipinski definition) is 1. The van der Waals surface area contributed by atoms with E-state index in [0.717, 1.165) is 28.0 Å². The number of para-hydroxylation sites is 1. The number of benzene rings is 3. The van der Waals surface area contributed by atoms with Gasteiger partial charge in [0.1, 0.15) is 17.5 Å². The first-order valence-corrected chi connectivity index (χ1v) is 14.8. The number of thiazole rings is 1. The lowest BCUT2D eigenvalue weighted by Crippen LogP contribution is -2.33. The highest BCUT2D eigenvalue weighted by Crippen LogP contribution is 2.55. The van der Waals surface area contributed by atoms with Crippen LogP contribution in [0, 0.1) is 19.8 Å². The quantitative estimate of drug-likeness (QED) is 0.321. The molecule has 0 spiro atoms. The Bertz CT molecular complexity index is 1730. The van der Waals surface area contributed by atoms with Gasteiger partial charge in [0.05, 0.1) is 23.7 Å². The summed E-state index contributed by atoms with van der Waals surface area (Å²) in [4.78, 5) is 55.9. The van der Waals surface area contributed by atoms with Crippen molar-refractivity contribution in [2.45, 2.75) is 36.6 Å². The molecule has 1 aromatic heterocycles. The molecule has 1 fully saturated rings. The predicted octanol–water partition coefficient (Wildman–Crippen LogP) is 4.97. The minimum absolute atomic E-state index is 0.217. The minimum Gasteiger partial charge on any atom is -0.496 e. The molecule has 2 unspecified atom stereocenters. The lowest BCUT2D eigenvalue weighted by Gasteiger charge is -2.31. The number of ether oxygens (including phenoxy) is 1. The lowest BCUT2D eigenvalue weighted by atomic mass is 9.82. The van der Waals surface area contributed by atoms with Crippen molar-refractivity contribution in [3.8, 4) is 5.75 Å².